The Bertz CT molecular complexity index is 870. The molecule has 2 aliphatic heterocycles. The molecule has 0 saturated carbocycles. The molecule has 0 aromatic heterocycles. The van der Waals surface area contributed by atoms with Gasteiger partial charge in [-0.3, -0.25) is 4.79 Å². The number of carbonyl (C=O) groups is 1. The van der Waals surface area contributed by atoms with Crippen molar-refractivity contribution in [2.75, 3.05) is 6.54 Å². The van der Waals surface area contributed by atoms with Crippen LogP contribution < -0.4 is 9.47 Å². The van der Waals surface area contributed by atoms with E-state index in [4.69, 9.17) is 9.47 Å². The molecule has 0 saturated heterocycles. The van der Waals surface area contributed by atoms with Crippen LogP contribution in [0.3, 0.4) is 0 Å². The van der Waals surface area contributed by atoms with E-state index in [0.717, 1.165) is 13.0 Å². The second-order valence-electron chi connectivity index (χ2n) is 6.65. The second-order valence-corrected chi connectivity index (χ2v) is 6.65. The molecule has 4 heteroatoms. The monoisotopic (exact) mass is 347 g/mol. The van der Waals surface area contributed by atoms with Crippen LogP contribution in [-0.2, 0) is 0 Å². The molecule has 2 aromatic rings. The highest BCUT2D eigenvalue weighted by Gasteiger charge is 2.22. The van der Waals surface area contributed by atoms with E-state index in [2.05, 4.69) is 42.3 Å². The van der Waals surface area contributed by atoms with Crippen LogP contribution >= 0.6 is 0 Å². The smallest absolute Gasteiger partial charge is 0.169 e. The molecule has 0 N–H and O–H groups in total. The largest absolute Gasteiger partial charge is 0.458 e. The zero-order valence-electron chi connectivity index (χ0n) is 14.7. The van der Waals surface area contributed by atoms with Crippen molar-refractivity contribution in [3.8, 4) is 11.5 Å². The fourth-order valence-electron chi connectivity index (χ4n) is 3.37. The fourth-order valence-corrected chi connectivity index (χ4v) is 3.37. The number of ketones is 1. The molecule has 2 aliphatic rings. The number of hydrogen-bond acceptors (Lipinski definition) is 4. The first-order valence-corrected chi connectivity index (χ1v) is 8.88. The summed E-state index contributed by atoms with van der Waals surface area (Å²) in [5.41, 5.74) is 3.24. The Labute approximate surface area is 153 Å². The molecule has 0 bridgehead atoms. The molecule has 0 amide bonds. The van der Waals surface area contributed by atoms with Gasteiger partial charge in [0.25, 0.3) is 0 Å². The lowest BCUT2D eigenvalue weighted by Gasteiger charge is -2.23. The molecule has 132 valence electrons. The van der Waals surface area contributed by atoms with Crippen LogP contribution in [0.15, 0.2) is 67.3 Å². The van der Waals surface area contributed by atoms with Crippen molar-refractivity contribution in [1.82, 2.24) is 4.90 Å². The Hall–Kier alpha value is -3.01. The maximum Gasteiger partial charge on any atom is 0.169 e. The molecular weight excluding hydrogens is 326 g/mol. The zero-order valence-corrected chi connectivity index (χ0v) is 14.7. The SMILES string of the molecule is CC(CC(=O)c1ccc2c(c1)OC=CO2)N1C=C(c2ccccc2)CC1. The van der Waals surface area contributed by atoms with E-state index in [1.807, 2.05) is 6.07 Å². The molecule has 2 aromatic carbocycles. The van der Waals surface area contributed by atoms with E-state index in [-0.39, 0.29) is 11.8 Å². The number of Topliss-reactive ketones (excluding diaryl/α,β-unsaturated/α-hetero) is 1. The van der Waals surface area contributed by atoms with Crippen molar-refractivity contribution in [2.24, 2.45) is 0 Å². The standard InChI is InChI=1S/C22H21NO3/c1-16(23-10-9-19(15-23)17-5-3-2-4-6-17)13-20(24)18-7-8-21-22(14-18)26-12-11-25-21/h2-8,11-12,14-16H,9-10,13H2,1H3. The average molecular weight is 347 g/mol. The number of rotatable bonds is 5. The first kappa shape index (κ1) is 16.5. The van der Waals surface area contributed by atoms with Crippen molar-refractivity contribution in [1.29, 1.82) is 0 Å². The number of fused-ring (bicyclic) bond motifs is 1. The third-order valence-corrected chi connectivity index (χ3v) is 4.86. The Balaban J connectivity index is 1.43. The summed E-state index contributed by atoms with van der Waals surface area (Å²) in [5, 5.41) is 0. The molecule has 26 heavy (non-hydrogen) atoms. The van der Waals surface area contributed by atoms with Crippen LogP contribution in [0.2, 0.25) is 0 Å². The van der Waals surface area contributed by atoms with E-state index in [9.17, 15) is 4.79 Å². The summed E-state index contributed by atoms with van der Waals surface area (Å²) in [6.45, 7) is 3.05. The van der Waals surface area contributed by atoms with Gasteiger partial charge in [-0.2, -0.15) is 0 Å². The van der Waals surface area contributed by atoms with Crippen molar-refractivity contribution in [3.63, 3.8) is 0 Å². The van der Waals surface area contributed by atoms with E-state index in [0.29, 0.717) is 23.5 Å². The predicted octanol–water partition coefficient (Wildman–Crippen LogP) is 4.64. The average Bonchev–Trinajstić information content (AvgIpc) is 3.18. The van der Waals surface area contributed by atoms with Gasteiger partial charge in [0, 0.05) is 30.8 Å². The topological polar surface area (TPSA) is 38.8 Å². The highest BCUT2D eigenvalue weighted by molar-refractivity contribution is 5.97. The lowest BCUT2D eigenvalue weighted by molar-refractivity contribution is 0.0951. The van der Waals surface area contributed by atoms with Gasteiger partial charge < -0.3 is 14.4 Å². The Morgan fingerprint density at radius 1 is 1.08 bits per heavy atom. The number of benzene rings is 2. The van der Waals surface area contributed by atoms with Gasteiger partial charge in [-0.05, 0) is 42.7 Å². The van der Waals surface area contributed by atoms with Crippen LogP contribution in [0.25, 0.3) is 5.57 Å². The van der Waals surface area contributed by atoms with Crippen LogP contribution in [-0.4, -0.2) is 23.3 Å². The van der Waals surface area contributed by atoms with Gasteiger partial charge in [-0.1, -0.05) is 30.3 Å². The van der Waals surface area contributed by atoms with E-state index in [1.165, 1.54) is 23.7 Å². The molecule has 1 unspecified atom stereocenters. The first-order valence-electron chi connectivity index (χ1n) is 8.88. The van der Waals surface area contributed by atoms with Crippen LogP contribution in [0.4, 0.5) is 0 Å². The summed E-state index contributed by atoms with van der Waals surface area (Å²) in [6.07, 6.45) is 6.63. The van der Waals surface area contributed by atoms with E-state index >= 15 is 0 Å². The number of ether oxygens (including phenoxy) is 2. The summed E-state index contributed by atoms with van der Waals surface area (Å²) in [7, 11) is 0. The molecule has 0 aliphatic carbocycles. The minimum Gasteiger partial charge on any atom is -0.458 e. The molecule has 2 heterocycles. The lowest BCUT2D eigenvalue weighted by Crippen LogP contribution is -2.28. The minimum atomic E-state index is 0.111. The minimum absolute atomic E-state index is 0.111. The molecule has 0 fully saturated rings. The van der Waals surface area contributed by atoms with E-state index < -0.39 is 0 Å². The van der Waals surface area contributed by atoms with Crippen LogP contribution in [0.1, 0.15) is 35.7 Å². The number of nitrogens with zero attached hydrogens (tertiary/aromatic N) is 1. The van der Waals surface area contributed by atoms with Crippen LogP contribution in [0.5, 0.6) is 11.5 Å². The van der Waals surface area contributed by atoms with Gasteiger partial charge in [0.1, 0.15) is 12.5 Å². The Kier molecular flexibility index (Phi) is 4.48. The lowest BCUT2D eigenvalue weighted by atomic mass is 10.0. The number of hydrogen-bond donors (Lipinski definition) is 0. The van der Waals surface area contributed by atoms with Gasteiger partial charge in [-0.15, -0.1) is 0 Å². The van der Waals surface area contributed by atoms with Crippen molar-refractivity contribution < 1.29 is 14.3 Å². The highest BCUT2D eigenvalue weighted by Crippen LogP contribution is 2.32. The fraction of sp³-hybridized carbons (Fsp3) is 0.227. The van der Waals surface area contributed by atoms with Gasteiger partial charge in [0.2, 0.25) is 0 Å². The van der Waals surface area contributed by atoms with Gasteiger partial charge in [0.15, 0.2) is 17.3 Å². The molecule has 1 atom stereocenters. The molecule has 0 radical (unpaired) electrons. The second kappa shape index (κ2) is 7.08. The summed E-state index contributed by atoms with van der Waals surface area (Å²) in [5.74, 6) is 1.32. The van der Waals surface area contributed by atoms with Gasteiger partial charge in [0.05, 0.1) is 0 Å². The van der Waals surface area contributed by atoms with Crippen molar-refractivity contribution in [3.05, 3.63) is 78.4 Å². The van der Waals surface area contributed by atoms with Crippen molar-refractivity contribution in [2.45, 2.75) is 25.8 Å². The molecule has 4 nitrogen and oxygen atoms in total. The first-order chi connectivity index (χ1) is 12.7. The third-order valence-electron chi connectivity index (χ3n) is 4.86. The summed E-state index contributed by atoms with van der Waals surface area (Å²) < 4.78 is 10.7. The van der Waals surface area contributed by atoms with Gasteiger partial charge in [-0.25, -0.2) is 0 Å². The number of carbonyl (C=O) groups excluding carboxylic acids is 1. The Morgan fingerprint density at radius 3 is 2.65 bits per heavy atom. The predicted molar refractivity (Wildman–Crippen MR) is 101 cm³/mol. The summed E-state index contributed by atoms with van der Waals surface area (Å²) >= 11 is 0. The van der Waals surface area contributed by atoms with Crippen LogP contribution in [0, 0.1) is 0 Å². The molecule has 4 rings (SSSR count). The molecular formula is C22H21NO3. The quantitative estimate of drug-likeness (QED) is 0.739. The zero-order chi connectivity index (χ0) is 17.9. The van der Waals surface area contributed by atoms with Gasteiger partial charge >= 0.3 is 0 Å². The maximum absolute atomic E-state index is 12.7. The summed E-state index contributed by atoms with van der Waals surface area (Å²) in [4.78, 5) is 15.0. The van der Waals surface area contributed by atoms with Crippen molar-refractivity contribution >= 4 is 11.4 Å². The van der Waals surface area contributed by atoms with E-state index in [1.54, 1.807) is 18.2 Å². The maximum atomic E-state index is 12.7. The highest BCUT2D eigenvalue weighted by atomic mass is 16.5. The third kappa shape index (κ3) is 3.36. The molecule has 0 spiro atoms. The Morgan fingerprint density at radius 2 is 1.85 bits per heavy atom. The summed E-state index contributed by atoms with van der Waals surface area (Å²) in [6, 6.07) is 15.9. The normalized spacial score (nSPS) is 16.3.